The fraction of sp³-hybridized carbons (Fsp3) is 0.667. The maximum absolute atomic E-state index is 13.9. The van der Waals surface area contributed by atoms with Crippen LogP contribution in [0.5, 0.6) is 0 Å². The summed E-state index contributed by atoms with van der Waals surface area (Å²) in [6.45, 7) is 13.4. The molecule has 0 unspecified atom stereocenters. The Kier molecular flexibility index (Phi) is 8.50. The number of ether oxygens (including phenoxy) is 1. The summed E-state index contributed by atoms with van der Waals surface area (Å²) >= 11 is 0. The van der Waals surface area contributed by atoms with Crippen molar-refractivity contribution in [2.75, 3.05) is 13.2 Å². The highest BCUT2D eigenvalue weighted by atomic mass is 32.2. The molecule has 1 aromatic carbocycles. The number of nitrogens with one attached hydrogen (secondary N) is 1. The Labute approximate surface area is 247 Å². The second-order valence-corrected chi connectivity index (χ2v) is 15.3. The molecular weight excluding hydrogens is 534 g/mol. The number of hydrogen-bond donors (Lipinski definition) is 1. The van der Waals surface area contributed by atoms with Crippen LogP contribution >= 0.6 is 0 Å². The van der Waals surface area contributed by atoms with E-state index in [1.165, 1.54) is 37.8 Å². The number of carbonyl (C=O) groups is 1. The summed E-state index contributed by atoms with van der Waals surface area (Å²) in [5.41, 5.74) is 4.93. The Morgan fingerprint density at radius 1 is 1.02 bits per heavy atom. The van der Waals surface area contributed by atoms with E-state index < -0.39 is 15.6 Å². The van der Waals surface area contributed by atoms with Crippen molar-refractivity contribution in [3.05, 3.63) is 40.7 Å². The van der Waals surface area contributed by atoms with Gasteiger partial charge in [0.1, 0.15) is 5.69 Å². The molecule has 2 aromatic rings. The lowest BCUT2D eigenvalue weighted by molar-refractivity contribution is 0.0692. The van der Waals surface area contributed by atoms with Crippen LogP contribution in [0.3, 0.4) is 0 Å². The molecule has 0 atom stereocenters. The van der Waals surface area contributed by atoms with Crippen molar-refractivity contribution in [3.63, 3.8) is 0 Å². The average molecular weight is 584 g/mol. The van der Waals surface area contributed by atoms with Crippen molar-refractivity contribution in [1.29, 1.82) is 0 Å². The van der Waals surface area contributed by atoms with Gasteiger partial charge in [-0.1, -0.05) is 46.0 Å². The highest BCUT2D eigenvalue weighted by Crippen LogP contribution is 2.50. The van der Waals surface area contributed by atoms with Gasteiger partial charge in [-0.05, 0) is 93.7 Å². The van der Waals surface area contributed by atoms with E-state index in [-0.39, 0.29) is 23.9 Å². The number of benzene rings is 1. The number of fused-ring (bicyclic) bond motifs is 1. The number of amides is 1. The number of rotatable bonds is 7. The molecule has 0 bridgehead atoms. The molecule has 1 aliphatic carbocycles. The first-order valence-corrected chi connectivity index (χ1v) is 17.1. The molecule has 3 aliphatic rings. The monoisotopic (exact) mass is 583 g/mol. The largest absolute Gasteiger partial charge is 0.381 e. The summed E-state index contributed by atoms with van der Waals surface area (Å²) in [5.74, 6) is 0.576. The Bertz CT molecular complexity index is 1390. The molecule has 7 nitrogen and oxygen atoms in total. The zero-order chi connectivity index (χ0) is 29.7. The van der Waals surface area contributed by atoms with Crippen molar-refractivity contribution >= 4 is 15.9 Å². The van der Waals surface area contributed by atoms with E-state index in [0.29, 0.717) is 29.7 Å². The van der Waals surface area contributed by atoms with Crippen LogP contribution in [0.2, 0.25) is 0 Å². The topological polar surface area (TPSA) is 80.6 Å². The molecule has 8 heteroatoms. The molecule has 1 aromatic heterocycles. The Morgan fingerprint density at radius 2 is 1.68 bits per heavy atom. The van der Waals surface area contributed by atoms with Crippen LogP contribution in [0.15, 0.2) is 23.1 Å². The highest BCUT2D eigenvalue weighted by Gasteiger charge is 2.51. The van der Waals surface area contributed by atoms with Crippen molar-refractivity contribution in [3.8, 4) is 11.1 Å². The van der Waals surface area contributed by atoms with Crippen LogP contribution in [-0.2, 0) is 33.8 Å². The van der Waals surface area contributed by atoms with Crippen molar-refractivity contribution in [1.82, 2.24) is 14.2 Å². The third-order valence-electron chi connectivity index (χ3n) is 9.60. The first-order valence-electron chi connectivity index (χ1n) is 15.6. The van der Waals surface area contributed by atoms with Crippen LogP contribution < -0.4 is 5.32 Å². The smallest absolute Gasteiger partial charge is 0.268 e. The summed E-state index contributed by atoms with van der Waals surface area (Å²) in [6.07, 6.45) is 8.82. The molecule has 0 radical (unpaired) electrons. The third kappa shape index (κ3) is 5.52. The quantitative estimate of drug-likeness (QED) is 0.404. The van der Waals surface area contributed by atoms with Crippen molar-refractivity contribution in [2.24, 2.45) is 13.0 Å². The minimum atomic E-state index is -3.64. The van der Waals surface area contributed by atoms with Crippen LogP contribution in [0.25, 0.3) is 11.1 Å². The van der Waals surface area contributed by atoms with Crippen LogP contribution in [0.1, 0.15) is 120 Å². The summed E-state index contributed by atoms with van der Waals surface area (Å²) in [7, 11) is -1.62. The lowest BCUT2D eigenvalue weighted by Crippen LogP contribution is -2.43. The van der Waals surface area contributed by atoms with Gasteiger partial charge in [-0.2, -0.15) is 4.31 Å². The molecule has 1 saturated heterocycles. The second-order valence-electron chi connectivity index (χ2n) is 13.6. The van der Waals surface area contributed by atoms with Gasteiger partial charge in [0.15, 0.2) is 0 Å². The highest BCUT2D eigenvalue weighted by molar-refractivity contribution is 7.89. The van der Waals surface area contributed by atoms with Crippen molar-refractivity contribution < 1.29 is 17.9 Å². The predicted octanol–water partition coefficient (Wildman–Crippen LogP) is 6.49. The van der Waals surface area contributed by atoms with Gasteiger partial charge in [-0.25, -0.2) is 8.42 Å². The fourth-order valence-electron chi connectivity index (χ4n) is 7.54. The summed E-state index contributed by atoms with van der Waals surface area (Å²) in [6, 6.07) is 6.19. The summed E-state index contributed by atoms with van der Waals surface area (Å²) in [4.78, 5) is 14.1. The van der Waals surface area contributed by atoms with E-state index in [2.05, 4.69) is 41.9 Å². The lowest BCUT2D eigenvalue weighted by atomic mass is 9.83. The lowest BCUT2D eigenvalue weighted by Gasteiger charge is -2.33. The zero-order valence-electron chi connectivity index (χ0n) is 26.0. The predicted molar refractivity (Wildman–Crippen MR) is 164 cm³/mol. The van der Waals surface area contributed by atoms with E-state index in [0.717, 1.165) is 41.5 Å². The number of hydrogen-bond acceptors (Lipinski definition) is 4. The first-order chi connectivity index (χ1) is 19.3. The molecule has 1 N–H and O–H groups in total. The molecule has 0 spiro atoms. The minimum Gasteiger partial charge on any atom is -0.381 e. The molecule has 1 amide bonds. The van der Waals surface area contributed by atoms with Gasteiger partial charge in [0.25, 0.3) is 5.91 Å². The van der Waals surface area contributed by atoms with Gasteiger partial charge < -0.3 is 14.6 Å². The van der Waals surface area contributed by atoms with Crippen molar-refractivity contribution in [2.45, 2.75) is 121 Å². The third-order valence-corrected chi connectivity index (χ3v) is 12.0. The SMILES string of the molecule is CC(C)c1cc(-c2cc(C(=O)NC3CCOCC3)n(C)c2CC2CCCCC2)cc2c1S(=O)(=O)N(C(C)C)C2(C)C. The Morgan fingerprint density at radius 3 is 2.29 bits per heavy atom. The van der Waals surface area contributed by atoms with Gasteiger partial charge in [0, 0.05) is 43.6 Å². The summed E-state index contributed by atoms with van der Waals surface area (Å²) in [5, 5.41) is 3.26. The van der Waals surface area contributed by atoms with E-state index in [1.54, 1.807) is 4.31 Å². The van der Waals surface area contributed by atoms with Gasteiger partial charge in [-0.3, -0.25) is 4.79 Å². The normalized spacial score (nSPS) is 21.5. The van der Waals surface area contributed by atoms with Gasteiger partial charge in [0.05, 0.1) is 10.4 Å². The molecule has 226 valence electrons. The Hall–Kier alpha value is -2.16. The number of aromatic nitrogens is 1. The van der Waals surface area contributed by atoms with Crippen LogP contribution in [-0.4, -0.2) is 48.5 Å². The molecule has 2 fully saturated rings. The molecule has 5 rings (SSSR count). The molecule has 2 aliphatic heterocycles. The van der Waals surface area contributed by atoms with E-state index >= 15 is 0 Å². The first kappa shape index (κ1) is 30.3. The minimum absolute atomic E-state index is 0.0307. The van der Waals surface area contributed by atoms with Gasteiger partial charge >= 0.3 is 0 Å². The van der Waals surface area contributed by atoms with Gasteiger partial charge in [0.2, 0.25) is 10.0 Å². The fourth-order valence-corrected chi connectivity index (χ4v) is 10.2. The maximum atomic E-state index is 13.9. The Balaban J connectivity index is 1.65. The average Bonchev–Trinajstić information content (AvgIpc) is 3.32. The second kappa shape index (κ2) is 11.5. The molecule has 41 heavy (non-hydrogen) atoms. The van der Waals surface area contributed by atoms with E-state index in [4.69, 9.17) is 4.74 Å². The maximum Gasteiger partial charge on any atom is 0.268 e. The number of sulfonamides is 1. The van der Waals surface area contributed by atoms with Crippen LogP contribution in [0, 0.1) is 5.92 Å². The van der Waals surface area contributed by atoms with Gasteiger partial charge in [-0.15, -0.1) is 0 Å². The zero-order valence-corrected chi connectivity index (χ0v) is 26.9. The standard InChI is InChI=1S/C33H49N3O4S/c1-21(2)26-18-24(19-28-31(26)41(38,39)36(22(3)4)33(28,5)6)27-20-30(32(37)34-25-13-15-40-16-14-25)35(7)29(27)17-23-11-9-8-10-12-23/h18-23,25H,8-17H2,1-7H3,(H,34,37). The number of carbonyl (C=O) groups excluding carboxylic acids is 1. The molecule has 3 heterocycles. The van der Waals surface area contributed by atoms with Crippen LogP contribution in [0.4, 0.5) is 0 Å². The molecule has 1 saturated carbocycles. The molecular formula is C33H49N3O4S. The summed E-state index contributed by atoms with van der Waals surface area (Å²) < 4.78 is 37.1. The number of nitrogens with zero attached hydrogens (tertiary/aromatic N) is 2. The van der Waals surface area contributed by atoms with E-state index in [1.807, 2.05) is 34.7 Å². The van der Waals surface area contributed by atoms with E-state index in [9.17, 15) is 13.2 Å².